The van der Waals surface area contributed by atoms with Gasteiger partial charge in [0.2, 0.25) is 0 Å². The number of hydrogen-bond donors (Lipinski definition) is 19. The molecule has 4 aliphatic carbocycles. The molecule has 550 valence electrons. The maximum absolute atomic E-state index is 13.0. The molecule has 31 nitrogen and oxygen atoms in total. The highest BCUT2D eigenvalue weighted by atomic mass is 16.8. The summed E-state index contributed by atoms with van der Waals surface area (Å²) in [5, 5.41) is 208. The van der Waals surface area contributed by atoms with Gasteiger partial charge in [0.25, 0.3) is 0 Å². The van der Waals surface area contributed by atoms with Gasteiger partial charge in [-0.1, -0.05) is 46.3 Å². The molecule has 0 aromatic heterocycles. The van der Waals surface area contributed by atoms with Crippen molar-refractivity contribution in [2.75, 3.05) is 39.6 Å². The largest absolute Gasteiger partial charge is 0.394 e. The molecule has 38 atom stereocenters. The fourth-order valence-electron chi connectivity index (χ4n) is 18.5. The Kier molecular flexibility index (Phi) is 23.8. The van der Waals surface area contributed by atoms with Crippen LogP contribution in [0.1, 0.15) is 113 Å². The van der Waals surface area contributed by atoms with E-state index < -0.39 is 239 Å². The Balaban J connectivity index is 0.842. The highest BCUT2D eigenvalue weighted by Crippen LogP contribution is 2.76. The Bertz CT molecular complexity index is 2540. The number of aliphatic hydroxyl groups is 19. The summed E-state index contributed by atoms with van der Waals surface area (Å²) in [5.41, 5.74) is -2.07. The van der Waals surface area contributed by atoms with Crippen molar-refractivity contribution in [1.29, 1.82) is 0 Å². The van der Waals surface area contributed by atoms with E-state index in [0.717, 1.165) is 18.4 Å². The summed E-state index contributed by atoms with van der Waals surface area (Å²) in [5.74, 6) is -0.795. The highest BCUT2D eigenvalue weighted by molar-refractivity contribution is 5.21. The second-order valence-corrected chi connectivity index (χ2v) is 30.5. The van der Waals surface area contributed by atoms with Crippen molar-refractivity contribution >= 4 is 0 Å². The lowest BCUT2D eigenvalue weighted by Gasteiger charge is -2.71. The van der Waals surface area contributed by atoms with Gasteiger partial charge in [0.05, 0.1) is 57.5 Å². The van der Waals surface area contributed by atoms with Crippen LogP contribution in [-0.4, -0.2) is 327 Å². The standard InChI is InChI=1S/C64H108O31/c1-25(2)10-9-14-64(8,95-57-51(83)45(77)43(75)33(91-57)24-87-55-50(82)44(76)42(74)32(90-55)23-86-54-48(80)38(70)28(68)21-84-54)26-11-16-63(7)37(26)27(67)18-35-61(5)15-13-36(60(3,4)34(61)12-17-62(35,63)6)92-58-52(46(78)40(72)30(19-65)88-58)94-59-53(47(79)41(73)31(20-66)89-59)93-56-49(81)39(71)29(69)22-85-56/h10,26-59,65-83H,9,11-24H2,1-8H3/t26-,27+,28+,29+,30+,31+,32+,33+,34+,35+,36-,37-,38-,39-,40+,41+,42+,43+,44-,45-,46-,47-,48+,49+,50+,51+,52+,53+,54+,55-,56+,57+,58+,59+,61-,62+,63+,64-/m0/s1. The summed E-state index contributed by atoms with van der Waals surface area (Å²) in [6.45, 7) is 13.3. The topological polar surface area (TPSA) is 495 Å². The Hall–Kier alpha value is -1.50. The minimum atomic E-state index is -1.90. The molecule has 31 heteroatoms. The Morgan fingerprint density at radius 3 is 1.48 bits per heavy atom. The van der Waals surface area contributed by atoms with Crippen LogP contribution in [0.3, 0.4) is 0 Å². The van der Waals surface area contributed by atoms with Crippen LogP contribution < -0.4 is 0 Å². The molecular formula is C64H108O31. The molecule has 0 aromatic carbocycles. The maximum atomic E-state index is 13.0. The molecule has 10 rings (SSSR count). The van der Waals surface area contributed by atoms with E-state index in [1.54, 1.807) is 0 Å². The van der Waals surface area contributed by atoms with Gasteiger partial charge in [-0.25, -0.2) is 0 Å². The predicted molar refractivity (Wildman–Crippen MR) is 319 cm³/mol. The van der Waals surface area contributed by atoms with Crippen LogP contribution in [0.15, 0.2) is 11.6 Å². The third-order valence-electron chi connectivity index (χ3n) is 24.3. The predicted octanol–water partition coefficient (Wildman–Crippen LogP) is -5.28. The number of aliphatic hydroxyl groups excluding tert-OH is 19. The van der Waals surface area contributed by atoms with Gasteiger partial charge in [-0.2, -0.15) is 0 Å². The fraction of sp³-hybridized carbons (Fsp3) is 0.969. The molecule has 6 aliphatic heterocycles. The quantitative estimate of drug-likeness (QED) is 0.0400. The van der Waals surface area contributed by atoms with Crippen LogP contribution in [0.25, 0.3) is 0 Å². The molecule has 0 bridgehead atoms. The van der Waals surface area contributed by atoms with Crippen molar-refractivity contribution in [2.24, 2.45) is 45.3 Å². The van der Waals surface area contributed by atoms with Gasteiger partial charge in [0.1, 0.15) is 134 Å². The molecule has 0 aromatic rings. The number of allylic oxidation sites excluding steroid dienone is 2. The SMILES string of the molecule is CC(C)=CCC[C@](C)(O[C@H]1O[C@H](CO[C@H]2O[C@H](CO[C@H]3OC[C@@H](O)[C@H](O)[C@H]3O)[C@@H](O)[C@H](O)[C@H]2O)[C@@H](O)[C@H](O)[C@H]1O)[C@H]1CC[C@]2(C)[C@@H]1[C@H](O)C[C@@H]1[C@@]3(C)CC[C@H](O[C@H]4O[C@H](CO)[C@@H](O)[C@H](O)[C@H]4O[C@H]4O[C@H](CO)[C@@H](O)[C@H](O)[C@H]4O[C@H]4OC[C@@H](O)[C@H](O)[C@H]4O)C(C)(C)[C@H]3CC[C@]12C. The summed E-state index contributed by atoms with van der Waals surface area (Å²) < 4.78 is 72.5. The molecule has 6 saturated heterocycles. The number of hydrogen-bond acceptors (Lipinski definition) is 31. The van der Waals surface area contributed by atoms with Crippen molar-refractivity contribution in [3.63, 3.8) is 0 Å². The lowest BCUT2D eigenvalue weighted by Crippen LogP contribution is -2.68. The first kappa shape index (κ1) is 76.1. The van der Waals surface area contributed by atoms with E-state index in [9.17, 15) is 97.0 Å². The zero-order chi connectivity index (χ0) is 69.5. The van der Waals surface area contributed by atoms with Gasteiger partial charge in [-0.05, 0) is 124 Å². The minimum Gasteiger partial charge on any atom is -0.394 e. The first-order chi connectivity index (χ1) is 44.6. The van der Waals surface area contributed by atoms with Crippen molar-refractivity contribution in [2.45, 2.75) is 303 Å². The van der Waals surface area contributed by atoms with Crippen LogP contribution >= 0.6 is 0 Å². The average Bonchev–Trinajstić information content (AvgIpc) is 1.66. The summed E-state index contributed by atoms with van der Waals surface area (Å²) in [6.07, 6.45) is -41.1. The Labute approximate surface area is 551 Å². The van der Waals surface area contributed by atoms with E-state index in [1.165, 1.54) is 0 Å². The van der Waals surface area contributed by atoms with Crippen molar-refractivity contribution < 1.29 is 154 Å². The van der Waals surface area contributed by atoms with E-state index in [4.69, 9.17) is 56.8 Å². The molecule has 0 spiro atoms. The fourth-order valence-corrected chi connectivity index (χ4v) is 18.5. The van der Waals surface area contributed by atoms with E-state index in [2.05, 4.69) is 40.7 Å². The Morgan fingerprint density at radius 2 is 0.926 bits per heavy atom. The highest BCUT2D eigenvalue weighted by Gasteiger charge is 2.72. The minimum absolute atomic E-state index is 0.0418. The molecule has 4 saturated carbocycles. The van der Waals surface area contributed by atoms with Crippen LogP contribution in [0.2, 0.25) is 0 Å². The van der Waals surface area contributed by atoms with Crippen LogP contribution in [0, 0.1) is 45.3 Å². The summed E-state index contributed by atoms with van der Waals surface area (Å²) in [4.78, 5) is 0. The molecule has 95 heavy (non-hydrogen) atoms. The van der Waals surface area contributed by atoms with Crippen LogP contribution in [-0.2, 0) is 56.8 Å². The van der Waals surface area contributed by atoms with Gasteiger partial charge < -0.3 is 154 Å². The van der Waals surface area contributed by atoms with Crippen molar-refractivity contribution in [1.82, 2.24) is 0 Å². The van der Waals surface area contributed by atoms with E-state index in [0.29, 0.717) is 44.9 Å². The van der Waals surface area contributed by atoms with Gasteiger partial charge >= 0.3 is 0 Å². The first-order valence-corrected chi connectivity index (χ1v) is 33.7. The van der Waals surface area contributed by atoms with Gasteiger partial charge in [0.15, 0.2) is 37.7 Å². The lowest BCUT2D eigenvalue weighted by molar-refractivity contribution is -0.395. The maximum Gasteiger partial charge on any atom is 0.187 e. The normalized spacial score (nSPS) is 53.2. The van der Waals surface area contributed by atoms with Crippen LogP contribution in [0.5, 0.6) is 0 Å². The zero-order valence-corrected chi connectivity index (χ0v) is 55.2. The molecule has 0 radical (unpaired) electrons. The van der Waals surface area contributed by atoms with Gasteiger partial charge in [-0.15, -0.1) is 0 Å². The van der Waals surface area contributed by atoms with E-state index in [-0.39, 0.29) is 35.7 Å². The number of fused-ring (bicyclic) bond motifs is 5. The second-order valence-electron chi connectivity index (χ2n) is 30.5. The monoisotopic (exact) mass is 1370 g/mol. The zero-order valence-electron chi connectivity index (χ0n) is 55.2. The number of rotatable bonds is 20. The molecule has 19 N–H and O–H groups in total. The van der Waals surface area contributed by atoms with Crippen molar-refractivity contribution in [3.05, 3.63) is 11.6 Å². The molecular weight excluding hydrogens is 1260 g/mol. The smallest absolute Gasteiger partial charge is 0.187 e. The van der Waals surface area contributed by atoms with E-state index in [1.807, 2.05) is 20.8 Å². The molecule has 10 aliphatic rings. The summed E-state index contributed by atoms with van der Waals surface area (Å²) in [7, 11) is 0. The second kappa shape index (κ2) is 29.7. The number of ether oxygens (including phenoxy) is 12. The van der Waals surface area contributed by atoms with Gasteiger partial charge in [-0.3, -0.25) is 0 Å². The third-order valence-corrected chi connectivity index (χ3v) is 24.3. The summed E-state index contributed by atoms with van der Waals surface area (Å²) >= 11 is 0. The lowest BCUT2D eigenvalue weighted by atomic mass is 9.35. The first-order valence-electron chi connectivity index (χ1n) is 33.7. The summed E-state index contributed by atoms with van der Waals surface area (Å²) in [6, 6.07) is 0. The van der Waals surface area contributed by atoms with Crippen molar-refractivity contribution in [3.8, 4) is 0 Å². The third kappa shape index (κ3) is 14.1. The molecule has 0 amide bonds. The van der Waals surface area contributed by atoms with E-state index >= 15 is 0 Å². The van der Waals surface area contributed by atoms with Gasteiger partial charge in [0, 0.05) is 0 Å². The Morgan fingerprint density at radius 1 is 0.463 bits per heavy atom. The van der Waals surface area contributed by atoms with Crippen LogP contribution in [0.4, 0.5) is 0 Å². The average molecular weight is 1370 g/mol. The molecule has 0 unspecified atom stereocenters. The molecule has 10 fully saturated rings. The molecule has 6 heterocycles.